The maximum absolute atomic E-state index is 12.6. The molecule has 8 heteroatoms. The molecular formula is C24H31N3O5. The average Bonchev–Trinajstić information content (AvgIpc) is 2.77. The number of esters is 1. The molecule has 2 aromatic rings. The summed E-state index contributed by atoms with van der Waals surface area (Å²) in [6, 6.07) is 17.3. The number of carbonyl (C=O) groups is 3. The van der Waals surface area contributed by atoms with Crippen LogP contribution < -0.4 is 16.0 Å². The lowest BCUT2D eigenvalue weighted by molar-refractivity contribution is -0.143. The van der Waals surface area contributed by atoms with Gasteiger partial charge in [-0.1, -0.05) is 74.5 Å². The number of alkyl carbamates (subject to hydrolysis) is 1. The van der Waals surface area contributed by atoms with Crippen molar-refractivity contribution in [3.8, 4) is 0 Å². The van der Waals surface area contributed by atoms with Gasteiger partial charge >= 0.3 is 18.1 Å². The van der Waals surface area contributed by atoms with Crippen LogP contribution in [0.5, 0.6) is 0 Å². The average molecular weight is 442 g/mol. The summed E-state index contributed by atoms with van der Waals surface area (Å²) in [6.45, 7) is 3.99. The number of urea groups is 1. The van der Waals surface area contributed by atoms with Crippen LogP contribution in [0.2, 0.25) is 0 Å². The van der Waals surface area contributed by atoms with Crippen LogP contribution in [-0.2, 0) is 27.3 Å². The second-order valence-electron chi connectivity index (χ2n) is 7.77. The molecule has 0 bridgehead atoms. The van der Waals surface area contributed by atoms with E-state index in [1.54, 1.807) is 0 Å². The Kier molecular flexibility index (Phi) is 10.0. The maximum Gasteiger partial charge on any atom is 0.409 e. The van der Waals surface area contributed by atoms with Gasteiger partial charge in [-0.3, -0.25) is 0 Å². The Bertz CT molecular complexity index is 858. The van der Waals surface area contributed by atoms with E-state index in [4.69, 9.17) is 9.47 Å². The van der Waals surface area contributed by atoms with Gasteiger partial charge in [-0.25, -0.2) is 14.4 Å². The fourth-order valence-electron chi connectivity index (χ4n) is 3.08. The molecule has 0 unspecified atom stereocenters. The summed E-state index contributed by atoms with van der Waals surface area (Å²) < 4.78 is 10.1. The monoisotopic (exact) mass is 441 g/mol. The largest absolute Gasteiger partial charge is 0.467 e. The zero-order valence-corrected chi connectivity index (χ0v) is 18.7. The lowest BCUT2D eigenvalue weighted by atomic mass is 10.0. The first-order valence-corrected chi connectivity index (χ1v) is 10.5. The summed E-state index contributed by atoms with van der Waals surface area (Å²) in [4.78, 5) is 36.9. The number of hydrogen-bond donors (Lipinski definition) is 3. The highest BCUT2D eigenvalue weighted by Gasteiger charge is 2.24. The van der Waals surface area contributed by atoms with Gasteiger partial charge in [0.25, 0.3) is 0 Å². The third-order valence-corrected chi connectivity index (χ3v) is 4.59. The number of rotatable bonds is 10. The highest BCUT2D eigenvalue weighted by Crippen LogP contribution is 2.07. The molecule has 3 amide bonds. The van der Waals surface area contributed by atoms with Crippen molar-refractivity contribution in [3.05, 3.63) is 71.8 Å². The molecule has 0 aromatic heterocycles. The van der Waals surface area contributed by atoms with Crippen molar-refractivity contribution < 1.29 is 23.9 Å². The van der Waals surface area contributed by atoms with E-state index in [0.717, 1.165) is 11.1 Å². The normalized spacial score (nSPS) is 12.4. The summed E-state index contributed by atoms with van der Waals surface area (Å²) in [7, 11) is 1.28. The molecule has 2 atom stereocenters. The van der Waals surface area contributed by atoms with Gasteiger partial charge in [-0.2, -0.15) is 0 Å². The van der Waals surface area contributed by atoms with Crippen molar-refractivity contribution >= 4 is 18.1 Å². The van der Waals surface area contributed by atoms with Crippen molar-refractivity contribution in [1.82, 2.24) is 16.0 Å². The first kappa shape index (κ1) is 24.7. The molecule has 3 N–H and O–H groups in total. The van der Waals surface area contributed by atoms with E-state index in [9.17, 15) is 14.4 Å². The molecule has 0 saturated carbocycles. The Labute approximate surface area is 188 Å². The van der Waals surface area contributed by atoms with Gasteiger partial charge < -0.3 is 25.4 Å². The smallest absolute Gasteiger partial charge is 0.409 e. The zero-order valence-electron chi connectivity index (χ0n) is 18.7. The highest BCUT2D eigenvalue weighted by molar-refractivity contribution is 5.83. The predicted molar refractivity (Wildman–Crippen MR) is 121 cm³/mol. The number of benzene rings is 2. The number of ether oxygens (including phenoxy) is 2. The second kappa shape index (κ2) is 13.0. The summed E-state index contributed by atoms with van der Waals surface area (Å²) in [5.74, 6) is -0.353. The molecule has 0 heterocycles. The minimum Gasteiger partial charge on any atom is -0.467 e. The summed E-state index contributed by atoms with van der Waals surface area (Å²) in [5, 5.41) is 8.01. The van der Waals surface area contributed by atoms with E-state index in [-0.39, 0.29) is 12.5 Å². The van der Waals surface area contributed by atoms with Crippen LogP contribution in [0.15, 0.2) is 60.7 Å². The van der Waals surface area contributed by atoms with Gasteiger partial charge in [-0.05, 0) is 23.5 Å². The summed E-state index contributed by atoms with van der Waals surface area (Å²) >= 11 is 0. The Morgan fingerprint density at radius 2 is 1.44 bits per heavy atom. The van der Waals surface area contributed by atoms with Crippen LogP contribution in [-0.4, -0.2) is 37.4 Å². The van der Waals surface area contributed by atoms with Crippen LogP contribution in [0.4, 0.5) is 9.59 Å². The number of amides is 3. The molecule has 0 spiro atoms. The topological polar surface area (TPSA) is 106 Å². The van der Waals surface area contributed by atoms with Gasteiger partial charge in [0.1, 0.15) is 18.8 Å². The van der Waals surface area contributed by atoms with Crippen molar-refractivity contribution in [1.29, 1.82) is 0 Å². The van der Waals surface area contributed by atoms with Crippen molar-refractivity contribution in [2.45, 2.75) is 45.5 Å². The predicted octanol–water partition coefficient (Wildman–Crippen LogP) is 3.37. The molecule has 8 nitrogen and oxygen atoms in total. The number of hydrogen-bond acceptors (Lipinski definition) is 5. The molecule has 0 aliphatic carbocycles. The molecular weight excluding hydrogens is 410 g/mol. The van der Waals surface area contributed by atoms with Gasteiger partial charge in [0.05, 0.1) is 7.11 Å². The number of methoxy groups -OCH3 is 1. The van der Waals surface area contributed by atoms with Crippen LogP contribution in [0.25, 0.3) is 0 Å². The van der Waals surface area contributed by atoms with Crippen LogP contribution >= 0.6 is 0 Å². The van der Waals surface area contributed by atoms with E-state index in [1.807, 2.05) is 74.5 Å². The van der Waals surface area contributed by atoms with Crippen LogP contribution in [0.3, 0.4) is 0 Å². The van der Waals surface area contributed by atoms with Gasteiger partial charge in [0.2, 0.25) is 0 Å². The number of nitrogens with one attached hydrogen (secondary N) is 3. The quantitative estimate of drug-likeness (QED) is 0.387. The van der Waals surface area contributed by atoms with Crippen LogP contribution in [0.1, 0.15) is 31.4 Å². The second-order valence-corrected chi connectivity index (χ2v) is 7.77. The van der Waals surface area contributed by atoms with E-state index < -0.39 is 30.3 Å². The fraction of sp³-hybridized carbons (Fsp3) is 0.375. The standard InChI is InChI=1S/C24H31N3O5/c1-17(2)14-20(22(28)31-3)25-23(29)26-21(15-18-10-6-4-7-11-18)27-24(30)32-16-19-12-8-5-9-13-19/h4-13,17,20-21H,14-16H2,1-3H3,(H,27,30)(H2,25,26,29)/t20-,21-/m0/s1. The number of carbonyl (C=O) groups excluding carboxylic acids is 3. The van der Waals surface area contributed by atoms with E-state index >= 15 is 0 Å². The van der Waals surface area contributed by atoms with Gasteiger partial charge in [0, 0.05) is 6.42 Å². The van der Waals surface area contributed by atoms with E-state index in [2.05, 4.69) is 16.0 Å². The molecule has 0 saturated heterocycles. The maximum atomic E-state index is 12.6. The minimum absolute atomic E-state index is 0.107. The Balaban J connectivity index is 2.00. The highest BCUT2D eigenvalue weighted by atomic mass is 16.5. The summed E-state index contributed by atoms with van der Waals surface area (Å²) in [5.41, 5.74) is 1.76. The molecule has 0 aliphatic heterocycles. The Morgan fingerprint density at radius 1 is 0.844 bits per heavy atom. The molecule has 0 fully saturated rings. The lowest BCUT2D eigenvalue weighted by Gasteiger charge is -2.23. The van der Waals surface area contributed by atoms with Crippen molar-refractivity contribution in [2.24, 2.45) is 5.92 Å². The minimum atomic E-state index is -0.789. The van der Waals surface area contributed by atoms with Crippen molar-refractivity contribution in [2.75, 3.05) is 7.11 Å². The Morgan fingerprint density at radius 3 is 2.00 bits per heavy atom. The lowest BCUT2D eigenvalue weighted by Crippen LogP contribution is -2.55. The van der Waals surface area contributed by atoms with Gasteiger partial charge in [0.15, 0.2) is 0 Å². The van der Waals surface area contributed by atoms with E-state index in [1.165, 1.54) is 7.11 Å². The molecule has 2 aromatic carbocycles. The van der Waals surface area contributed by atoms with E-state index in [0.29, 0.717) is 12.8 Å². The molecule has 32 heavy (non-hydrogen) atoms. The van der Waals surface area contributed by atoms with Crippen molar-refractivity contribution in [3.63, 3.8) is 0 Å². The molecule has 172 valence electrons. The SMILES string of the molecule is COC(=O)[C@H](CC(C)C)NC(=O)N[C@H](Cc1ccccc1)NC(=O)OCc1ccccc1. The third kappa shape index (κ3) is 9.07. The first-order valence-electron chi connectivity index (χ1n) is 10.5. The molecule has 0 radical (unpaired) electrons. The fourth-order valence-corrected chi connectivity index (χ4v) is 3.08. The first-order chi connectivity index (χ1) is 15.4. The van der Waals surface area contributed by atoms with Crippen LogP contribution in [0, 0.1) is 5.92 Å². The molecule has 2 rings (SSSR count). The Hall–Kier alpha value is -3.55. The molecule has 0 aliphatic rings. The summed E-state index contributed by atoms with van der Waals surface area (Å²) in [6.07, 6.45) is -0.655. The third-order valence-electron chi connectivity index (χ3n) is 4.59. The van der Waals surface area contributed by atoms with Gasteiger partial charge in [-0.15, -0.1) is 0 Å². The zero-order chi connectivity index (χ0) is 23.3.